The van der Waals surface area contributed by atoms with Gasteiger partial charge in [0.2, 0.25) is 0 Å². The fourth-order valence-corrected chi connectivity index (χ4v) is 1.53. The standard InChI is InChI=1S/C12H15FO2/c1-9-8-11(13)7-6-10(9)4-2-3-5-12(14)15/h6-8H,2-5H2,1H3,(H,14,15). The average molecular weight is 210 g/mol. The zero-order valence-electron chi connectivity index (χ0n) is 8.79. The topological polar surface area (TPSA) is 37.3 Å². The van der Waals surface area contributed by atoms with Crippen LogP contribution in [0.4, 0.5) is 4.39 Å². The van der Waals surface area contributed by atoms with E-state index in [1.807, 2.05) is 6.92 Å². The molecule has 1 aromatic rings. The van der Waals surface area contributed by atoms with Gasteiger partial charge < -0.3 is 5.11 Å². The van der Waals surface area contributed by atoms with Crippen LogP contribution in [-0.4, -0.2) is 11.1 Å². The first-order valence-electron chi connectivity index (χ1n) is 5.06. The van der Waals surface area contributed by atoms with Gasteiger partial charge >= 0.3 is 5.97 Å². The van der Waals surface area contributed by atoms with E-state index in [1.165, 1.54) is 12.1 Å². The van der Waals surface area contributed by atoms with Gasteiger partial charge in [0.25, 0.3) is 0 Å². The van der Waals surface area contributed by atoms with Gasteiger partial charge in [-0.3, -0.25) is 4.79 Å². The molecule has 1 rings (SSSR count). The number of benzene rings is 1. The molecule has 2 nitrogen and oxygen atoms in total. The number of hydrogen-bond acceptors (Lipinski definition) is 1. The number of unbranched alkanes of at least 4 members (excludes halogenated alkanes) is 1. The lowest BCUT2D eigenvalue weighted by Crippen LogP contribution is -1.96. The fourth-order valence-electron chi connectivity index (χ4n) is 1.53. The smallest absolute Gasteiger partial charge is 0.303 e. The minimum Gasteiger partial charge on any atom is -0.481 e. The third kappa shape index (κ3) is 4.11. The lowest BCUT2D eigenvalue weighted by atomic mass is 10.0. The van der Waals surface area contributed by atoms with Crippen molar-refractivity contribution in [3.05, 3.63) is 35.1 Å². The quantitative estimate of drug-likeness (QED) is 0.759. The normalized spacial score (nSPS) is 10.3. The molecule has 1 N–H and O–H groups in total. The predicted molar refractivity (Wildman–Crippen MR) is 56.3 cm³/mol. The Balaban J connectivity index is 2.40. The number of aliphatic carboxylic acids is 1. The highest BCUT2D eigenvalue weighted by molar-refractivity contribution is 5.66. The van der Waals surface area contributed by atoms with Crippen LogP contribution in [0.2, 0.25) is 0 Å². The van der Waals surface area contributed by atoms with E-state index < -0.39 is 5.97 Å². The number of carboxylic acid groups (broad SMARTS) is 1. The zero-order chi connectivity index (χ0) is 11.3. The van der Waals surface area contributed by atoms with E-state index in [4.69, 9.17) is 5.11 Å². The Morgan fingerprint density at radius 2 is 2.13 bits per heavy atom. The summed E-state index contributed by atoms with van der Waals surface area (Å²) in [5.41, 5.74) is 2.03. The van der Waals surface area contributed by atoms with Crippen molar-refractivity contribution in [2.24, 2.45) is 0 Å². The van der Waals surface area contributed by atoms with Gasteiger partial charge in [-0.15, -0.1) is 0 Å². The third-order valence-corrected chi connectivity index (χ3v) is 2.39. The van der Waals surface area contributed by atoms with Gasteiger partial charge in [0.05, 0.1) is 0 Å². The number of aryl methyl sites for hydroxylation is 2. The molecule has 1 aromatic carbocycles. The molecular weight excluding hydrogens is 195 g/mol. The number of halogens is 1. The molecule has 0 spiro atoms. The molecule has 3 heteroatoms. The van der Waals surface area contributed by atoms with Crippen molar-refractivity contribution in [1.29, 1.82) is 0 Å². The van der Waals surface area contributed by atoms with Gasteiger partial charge in [0, 0.05) is 6.42 Å². The Bertz CT molecular complexity index is 347. The summed E-state index contributed by atoms with van der Waals surface area (Å²) in [5, 5.41) is 8.45. The molecule has 0 bridgehead atoms. The molecule has 0 aromatic heterocycles. The molecule has 82 valence electrons. The monoisotopic (exact) mass is 210 g/mol. The van der Waals surface area contributed by atoms with Crippen molar-refractivity contribution in [2.75, 3.05) is 0 Å². The Morgan fingerprint density at radius 3 is 2.73 bits per heavy atom. The van der Waals surface area contributed by atoms with Gasteiger partial charge in [-0.2, -0.15) is 0 Å². The van der Waals surface area contributed by atoms with Crippen molar-refractivity contribution < 1.29 is 14.3 Å². The Hall–Kier alpha value is -1.38. The van der Waals surface area contributed by atoms with Crippen molar-refractivity contribution in [2.45, 2.75) is 32.6 Å². The zero-order valence-corrected chi connectivity index (χ0v) is 8.79. The van der Waals surface area contributed by atoms with Crippen molar-refractivity contribution in [3.8, 4) is 0 Å². The van der Waals surface area contributed by atoms with Gasteiger partial charge in [-0.25, -0.2) is 4.39 Å². The van der Waals surface area contributed by atoms with E-state index in [-0.39, 0.29) is 12.2 Å². The number of hydrogen-bond donors (Lipinski definition) is 1. The van der Waals surface area contributed by atoms with Crippen molar-refractivity contribution in [3.63, 3.8) is 0 Å². The third-order valence-electron chi connectivity index (χ3n) is 2.39. The Labute approximate surface area is 88.7 Å². The largest absolute Gasteiger partial charge is 0.481 e. The Kier molecular flexibility index (Phi) is 4.28. The van der Waals surface area contributed by atoms with Crippen LogP contribution in [0.5, 0.6) is 0 Å². The second-order valence-electron chi connectivity index (χ2n) is 3.67. The minimum atomic E-state index is -0.758. The van der Waals surface area contributed by atoms with Crippen LogP contribution in [0, 0.1) is 12.7 Å². The summed E-state index contributed by atoms with van der Waals surface area (Å²) in [6, 6.07) is 4.72. The van der Waals surface area contributed by atoms with Gasteiger partial charge in [-0.05, 0) is 49.4 Å². The van der Waals surface area contributed by atoms with E-state index in [2.05, 4.69) is 0 Å². The van der Waals surface area contributed by atoms with Crippen molar-refractivity contribution in [1.82, 2.24) is 0 Å². The molecule has 0 aliphatic rings. The van der Waals surface area contributed by atoms with Crippen LogP contribution < -0.4 is 0 Å². The summed E-state index contributed by atoms with van der Waals surface area (Å²) < 4.78 is 12.8. The maximum absolute atomic E-state index is 12.8. The highest BCUT2D eigenvalue weighted by Gasteiger charge is 2.01. The molecule has 0 unspecified atom stereocenters. The average Bonchev–Trinajstić information content (AvgIpc) is 2.14. The van der Waals surface area contributed by atoms with E-state index in [9.17, 15) is 9.18 Å². The first-order chi connectivity index (χ1) is 7.09. The molecule has 0 aliphatic heterocycles. The molecule has 15 heavy (non-hydrogen) atoms. The lowest BCUT2D eigenvalue weighted by molar-refractivity contribution is -0.137. The molecule has 0 aliphatic carbocycles. The maximum atomic E-state index is 12.8. The lowest BCUT2D eigenvalue weighted by Gasteiger charge is -2.04. The number of carboxylic acids is 1. The summed E-state index contributed by atoms with van der Waals surface area (Å²) in [5.74, 6) is -0.979. The van der Waals surface area contributed by atoms with E-state index >= 15 is 0 Å². The van der Waals surface area contributed by atoms with Crippen molar-refractivity contribution >= 4 is 5.97 Å². The number of carbonyl (C=O) groups is 1. The first-order valence-corrected chi connectivity index (χ1v) is 5.06. The Morgan fingerprint density at radius 1 is 1.40 bits per heavy atom. The fraction of sp³-hybridized carbons (Fsp3) is 0.417. The van der Waals surface area contributed by atoms with Crippen LogP contribution in [0.1, 0.15) is 30.4 Å². The summed E-state index contributed by atoms with van der Waals surface area (Å²) in [6.07, 6.45) is 2.53. The van der Waals surface area contributed by atoms with Crippen LogP contribution in [0.15, 0.2) is 18.2 Å². The molecule has 0 saturated carbocycles. The van der Waals surface area contributed by atoms with Gasteiger partial charge in [0.15, 0.2) is 0 Å². The highest BCUT2D eigenvalue weighted by atomic mass is 19.1. The summed E-state index contributed by atoms with van der Waals surface area (Å²) >= 11 is 0. The second-order valence-corrected chi connectivity index (χ2v) is 3.67. The molecule has 0 atom stereocenters. The predicted octanol–water partition coefficient (Wildman–Crippen LogP) is 2.93. The SMILES string of the molecule is Cc1cc(F)ccc1CCCCC(=O)O. The molecule has 0 amide bonds. The summed E-state index contributed by atoms with van der Waals surface area (Å²) in [4.78, 5) is 10.3. The number of rotatable bonds is 5. The van der Waals surface area contributed by atoms with E-state index in [0.29, 0.717) is 6.42 Å². The van der Waals surface area contributed by atoms with E-state index in [0.717, 1.165) is 24.0 Å². The van der Waals surface area contributed by atoms with Crippen LogP contribution in [0.25, 0.3) is 0 Å². The molecule has 0 saturated heterocycles. The minimum absolute atomic E-state index is 0.209. The highest BCUT2D eigenvalue weighted by Crippen LogP contribution is 2.13. The van der Waals surface area contributed by atoms with E-state index in [1.54, 1.807) is 6.07 Å². The second kappa shape index (κ2) is 5.49. The van der Waals surface area contributed by atoms with Crippen LogP contribution in [0.3, 0.4) is 0 Å². The molecular formula is C12H15FO2. The summed E-state index contributed by atoms with van der Waals surface area (Å²) in [7, 11) is 0. The van der Waals surface area contributed by atoms with Crippen LogP contribution in [-0.2, 0) is 11.2 Å². The van der Waals surface area contributed by atoms with Gasteiger partial charge in [0.1, 0.15) is 5.82 Å². The summed E-state index contributed by atoms with van der Waals surface area (Å²) in [6.45, 7) is 1.87. The first kappa shape index (κ1) is 11.7. The molecule has 0 fully saturated rings. The van der Waals surface area contributed by atoms with Crippen LogP contribution >= 0.6 is 0 Å². The van der Waals surface area contributed by atoms with Gasteiger partial charge in [-0.1, -0.05) is 6.07 Å². The molecule has 0 radical (unpaired) electrons. The molecule has 0 heterocycles. The maximum Gasteiger partial charge on any atom is 0.303 e.